The molecule has 0 aromatic heterocycles. The summed E-state index contributed by atoms with van der Waals surface area (Å²) in [5.74, 6) is -0.534. The number of amides is 1. The summed E-state index contributed by atoms with van der Waals surface area (Å²) in [4.78, 5) is 13.2. The Bertz CT molecular complexity index is 410. The summed E-state index contributed by atoms with van der Waals surface area (Å²) >= 11 is 0. The predicted octanol–water partition coefficient (Wildman–Crippen LogP) is 1.28. The normalized spacial score (nSPS) is 10.2. The third-order valence-electron chi connectivity index (χ3n) is 2.60. The van der Waals surface area contributed by atoms with Gasteiger partial charge in [0, 0.05) is 19.3 Å². The Labute approximate surface area is 106 Å². The highest BCUT2D eigenvalue weighted by atomic mass is 19.1. The number of nitrogens with zero attached hydrogens (tertiary/aromatic N) is 1. The lowest BCUT2D eigenvalue weighted by molar-refractivity contribution is -0.119. The molecule has 1 amide bonds. The average Bonchev–Trinajstić information content (AvgIpc) is 2.37. The third kappa shape index (κ3) is 4.00. The van der Waals surface area contributed by atoms with Gasteiger partial charge in [-0.1, -0.05) is 6.92 Å². The molecule has 0 radical (unpaired) electrons. The molecule has 0 heterocycles. The van der Waals surface area contributed by atoms with Gasteiger partial charge in [0.15, 0.2) is 0 Å². The second-order valence-corrected chi connectivity index (χ2v) is 4.07. The lowest BCUT2D eigenvalue weighted by Gasteiger charge is -2.24. The molecule has 0 saturated carbocycles. The number of likely N-dealkylation sites (N-methyl/N-ethyl adjacent to an activating group) is 1. The van der Waals surface area contributed by atoms with Gasteiger partial charge in [0.05, 0.1) is 13.2 Å². The number of carbonyl (C=O) groups is 1. The maximum atomic E-state index is 13.4. The van der Waals surface area contributed by atoms with Crippen LogP contribution in [0, 0.1) is 5.82 Å². The molecule has 0 bridgehead atoms. The predicted molar refractivity (Wildman–Crippen MR) is 68.9 cm³/mol. The molecule has 0 aliphatic carbocycles. The summed E-state index contributed by atoms with van der Waals surface area (Å²) in [5.41, 5.74) is 1.12. The van der Waals surface area contributed by atoms with Crippen molar-refractivity contribution in [3.63, 3.8) is 0 Å². The van der Waals surface area contributed by atoms with Crippen molar-refractivity contribution >= 4 is 11.6 Å². The first-order valence-electron chi connectivity index (χ1n) is 5.96. The van der Waals surface area contributed by atoms with Crippen molar-refractivity contribution in [3.05, 3.63) is 29.6 Å². The third-order valence-corrected chi connectivity index (χ3v) is 2.60. The van der Waals surface area contributed by atoms with Crippen molar-refractivity contribution in [1.82, 2.24) is 5.32 Å². The van der Waals surface area contributed by atoms with E-state index in [-0.39, 0.29) is 19.1 Å². The second kappa shape index (κ2) is 6.96. The van der Waals surface area contributed by atoms with E-state index in [0.717, 1.165) is 6.42 Å². The van der Waals surface area contributed by atoms with Crippen LogP contribution in [0.25, 0.3) is 0 Å². The molecule has 0 aliphatic heterocycles. The molecule has 0 saturated heterocycles. The fourth-order valence-corrected chi connectivity index (χ4v) is 1.73. The van der Waals surface area contributed by atoms with Gasteiger partial charge in [-0.25, -0.2) is 4.39 Å². The molecule has 100 valence electrons. The van der Waals surface area contributed by atoms with Crippen LogP contribution in [0.2, 0.25) is 0 Å². The topological polar surface area (TPSA) is 52.6 Å². The highest BCUT2D eigenvalue weighted by Gasteiger charge is 2.11. The first-order chi connectivity index (χ1) is 8.60. The van der Waals surface area contributed by atoms with Crippen LogP contribution in [0.15, 0.2) is 18.2 Å². The maximum Gasteiger partial charge on any atom is 0.239 e. The van der Waals surface area contributed by atoms with E-state index in [9.17, 15) is 9.18 Å². The van der Waals surface area contributed by atoms with Crippen molar-refractivity contribution in [2.75, 3.05) is 25.0 Å². The Morgan fingerprint density at radius 2 is 2.17 bits per heavy atom. The van der Waals surface area contributed by atoms with Crippen molar-refractivity contribution in [2.24, 2.45) is 0 Å². The first kappa shape index (κ1) is 14.4. The minimum absolute atomic E-state index is 0.127. The van der Waals surface area contributed by atoms with Gasteiger partial charge >= 0.3 is 0 Å². The van der Waals surface area contributed by atoms with E-state index in [2.05, 4.69) is 5.32 Å². The van der Waals surface area contributed by atoms with Crippen LogP contribution in [0.1, 0.15) is 18.9 Å². The zero-order chi connectivity index (χ0) is 13.5. The van der Waals surface area contributed by atoms with Gasteiger partial charge in [-0.05, 0) is 30.2 Å². The number of aliphatic hydroxyl groups is 1. The van der Waals surface area contributed by atoms with Crippen LogP contribution in [0.4, 0.5) is 10.1 Å². The number of benzene rings is 1. The summed E-state index contributed by atoms with van der Waals surface area (Å²) in [6.07, 6.45) is 0.849. The number of aliphatic hydroxyl groups excluding tert-OH is 1. The van der Waals surface area contributed by atoms with E-state index in [0.29, 0.717) is 17.8 Å². The number of hydrogen-bond donors (Lipinski definition) is 2. The minimum atomic E-state index is -0.408. The SMILES string of the molecule is CCCN(CC(=O)NC)c1cc(F)cc(CO)c1. The number of hydrogen-bond acceptors (Lipinski definition) is 3. The smallest absolute Gasteiger partial charge is 0.239 e. The molecule has 4 nitrogen and oxygen atoms in total. The molecule has 0 atom stereocenters. The highest BCUT2D eigenvalue weighted by Crippen LogP contribution is 2.19. The molecular weight excluding hydrogens is 235 g/mol. The Kier molecular flexibility index (Phi) is 5.58. The number of anilines is 1. The molecule has 5 heteroatoms. The van der Waals surface area contributed by atoms with E-state index in [1.165, 1.54) is 12.1 Å². The van der Waals surface area contributed by atoms with Gasteiger partial charge in [-0.15, -0.1) is 0 Å². The van der Waals surface area contributed by atoms with E-state index in [4.69, 9.17) is 5.11 Å². The van der Waals surface area contributed by atoms with Gasteiger partial charge in [-0.3, -0.25) is 4.79 Å². The molecular formula is C13H19FN2O2. The number of halogens is 1. The van der Waals surface area contributed by atoms with E-state index in [1.807, 2.05) is 6.92 Å². The molecule has 2 N–H and O–H groups in total. The summed E-state index contributed by atoms with van der Waals surface area (Å²) in [5, 5.41) is 11.6. The summed E-state index contributed by atoms with van der Waals surface area (Å²) in [6.45, 7) is 2.61. The molecule has 0 fully saturated rings. The van der Waals surface area contributed by atoms with Crippen LogP contribution < -0.4 is 10.2 Å². The van der Waals surface area contributed by atoms with Crippen LogP contribution in [-0.2, 0) is 11.4 Å². The Morgan fingerprint density at radius 1 is 1.44 bits per heavy atom. The van der Waals surface area contributed by atoms with E-state index < -0.39 is 5.82 Å². The van der Waals surface area contributed by atoms with Gasteiger partial charge < -0.3 is 15.3 Å². The van der Waals surface area contributed by atoms with Crippen molar-refractivity contribution in [1.29, 1.82) is 0 Å². The van der Waals surface area contributed by atoms with Gasteiger partial charge in [-0.2, -0.15) is 0 Å². The highest BCUT2D eigenvalue weighted by molar-refractivity contribution is 5.81. The van der Waals surface area contributed by atoms with Crippen molar-refractivity contribution in [3.8, 4) is 0 Å². The van der Waals surface area contributed by atoms with Crippen molar-refractivity contribution < 1.29 is 14.3 Å². The average molecular weight is 254 g/mol. The van der Waals surface area contributed by atoms with Gasteiger partial charge in [0.25, 0.3) is 0 Å². The monoisotopic (exact) mass is 254 g/mol. The van der Waals surface area contributed by atoms with Crippen LogP contribution in [0.5, 0.6) is 0 Å². The molecule has 1 rings (SSSR count). The molecule has 0 unspecified atom stereocenters. The lowest BCUT2D eigenvalue weighted by atomic mass is 10.2. The van der Waals surface area contributed by atoms with Gasteiger partial charge in [0.1, 0.15) is 5.82 Å². The van der Waals surface area contributed by atoms with Gasteiger partial charge in [0.2, 0.25) is 5.91 Å². The maximum absolute atomic E-state index is 13.4. The van der Waals surface area contributed by atoms with Crippen LogP contribution in [-0.4, -0.2) is 31.2 Å². The quantitative estimate of drug-likeness (QED) is 0.804. The summed E-state index contributed by atoms with van der Waals surface area (Å²) < 4.78 is 13.4. The summed E-state index contributed by atoms with van der Waals surface area (Å²) in [7, 11) is 1.57. The van der Waals surface area contributed by atoms with E-state index >= 15 is 0 Å². The van der Waals surface area contributed by atoms with Crippen LogP contribution in [0.3, 0.4) is 0 Å². The first-order valence-corrected chi connectivity index (χ1v) is 5.96. The van der Waals surface area contributed by atoms with Crippen LogP contribution >= 0.6 is 0 Å². The Hall–Kier alpha value is -1.62. The Morgan fingerprint density at radius 3 is 2.72 bits per heavy atom. The van der Waals surface area contributed by atoms with Crippen molar-refractivity contribution in [2.45, 2.75) is 20.0 Å². The number of carbonyl (C=O) groups excluding carboxylic acids is 1. The van der Waals surface area contributed by atoms with E-state index in [1.54, 1.807) is 18.0 Å². The molecule has 0 aliphatic rings. The minimum Gasteiger partial charge on any atom is -0.392 e. The lowest BCUT2D eigenvalue weighted by Crippen LogP contribution is -2.36. The standard InChI is InChI=1S/C13H19FN2O2/c1-3-4-16(8-13(18)15-2)12-6-10(9-17)5-11(14)7-12/h5-7,17H,3-4,8-9H2,1-2H3,(H,15,18). The fraction of sp³-hybridized carbons (Fsp3) is 0.462. The molecule has 1 aromatic carbocycles. The Balaban J connectivity index is 2.96. The summed E-state index contributed by atoms with van der Waals surface area (Å²) in [6, 6.07) is 4.35. The molecule has 0 spiro atoms. The largest absolute Gasteiger partial charge is 0.392 e. The second-order valence-electron chi connectivity index (χ2n) is 4.07. The number of nitrogens with one attached hydrogen (secondary N) is 1. The molecule has 18 heavy (non-hydrogen) atoms. The number of rotatable bonds is 6. The zero-order valence-electron chi connectivity index (χ0n) is 10.7. The molecule has 1 aromatic rings. The zero-order valence-corrected chi connectivity index (χ0v) is 10.7. The fourth-order valence-electron chi connectivity index (χ4n) is 1.73.